The third kappa shape index (κ3) is 2.55. The van der Waals surface area contributed by atoms with Gasteiger partial charge in [0.15, 0.2) is 6.19 Å². The molecule has 2 bridgehead atoms. The fourth-order valence-corrected chi connectivity index (χ4v) is 4.53. The molecule has 1 amide bonds. The summed E-state index contributed by atoms with van der Waals surface area (Å²) in [6.45, 7) is 0. The molecule has 0 saturated carbocycles. The number of nitriles is 1. The number of fused-ring (bicyclic) bond motifs is 3. The average molecular weight is 357 g/mol. The van der Waals surface area contributed by atoms with Gasteiger partial charge in [0.25, 0.3) is 5.91 Å². The van der Waals surface area contributed by atoms with Crippen LogP contribution in [0, 0.1) is 11.5 Å². The second-order valence-corrected chi connectivity index (χ2v) is 7.32. The molecule has 0 unspecified atom stereocenters. The molecule has 3 heterocycles. The van der Waals surface area contributed by atoms with Gasteiger partial charge in [-0.05, 0) is 37.5 Å². The molecule has 3 aromatic rings. The van der Waals surface area contributed by atoms with Crippen LogP contribution in [0.15, 0.2) is 48.5 Å². The summed E-state index contributed by atoms with van der Waals surface area (Å²) >= 11 is 0. The van der Waals surface area contributed by atoms with Gasteiger partial charge in [-0.15, -0.1) is 0 Å². The lowest BCUT2D eigenvalue weighted by Gasteiger charge is -2.21. The summed E-state index contributed by atoms with van der Waals surface area (Å²) in [5.41, 5.74) is 3.37. The summed E-state index contributed by atoms with van der Waals surface area (Å²) in [7, 11) is 0. The molecule has 3 atom stereocenters. The molecule has 2 aliphatic rings. The van der Waals surface area contributed by atoms with E-state index in [4.69, 9.17) is 0 Å². The Hall–Kier alpha value is -3.33. The minimum Gasteiger partial charge on any atom is -0.347 e. The maximum Gasteiger partial charge on any atom is 0.251 e. The molecule has 6 heteroatoms. The number of benzene rings is 2. The van der Waals surface area contributed by atoms with Crippen molar-refractivity contribution in [3.63, 3.8) is 0 Å². The van der Waals surface area contributed by atoms with Gasteiger partial charge in [-0.2, -0.15) is 10.4 Å². The van der Waals surface area contributed by atoms with Crippen molar-refractivity contribution in [1.82, 2.24) is 20.4 Å². The van der Waals surface area contributed by atoms with Gasteiger partial charge in [0.05, 0.1) is 23.3 Å². The molecule has 27 heavy (non-hydrogen) atoms. The SMILES string of the molecule is N#CN1[C@H]2CC[C@@H]1[C@H](NC(=O)c1ccc3c(-c4ccccc4)n[nH]c3c1)C2. The minimum absolute atomic E-state index is 0.0493. The van der Waals surface area contributed by atoms with E-state index in [2.05, 4.69) is 21.7 Å². The summed E-state index contributed by atoms with van der Waals surface area (Å²) < 4.78 is 0. The molecule has 2 aliphatic heterocycles. The molecular weight excluding hydrogens is 338 g/mol. The Labute approximate surface area is 156 Å². The summed E-state index contributed by atoms with van der Waals surface area (Å²) in [6, 6.07) is 16.1. The zero-order valence-electron chi connectivity index (χ0n) is 14.7. The van der Waals surface area contributed by atoms with E-state index in [0.29, 0.717) is 5.56 Å². The number of aromatic amines is 1. The molecule has 2 saturated heterocycles. The Kier molecular flexibility index (Phi) is 3.61. The number of nitrogens with zero attached hydrogens (tertiary/aromatic N) is 3. The number of amides is 1. The predicted molar refractivity (Wildman–Crippen MR) is 102 cm³/mol. The van der Waals surface area contributed by atoms with Crippen LogP contribution >= 0.6 is 0 Å². The van der Waals surface area contributed by atoms with Gasteiger partial charge >= 0.3 is 0 Å². The van der Waals surface area contributed by atoms with Crippen LogP contribution < -0.4 is 5.32 Å². The van der Waals surface area contributed by atoms with E-state index in [0.717, 1.165) is 41.4 Å². The molecule has 0 aliphatic carbocycles. The molecular formula is C21H19N5O. The van der Waals surface area contributed by atoms with Crippen LogP contribution in [0.3, 0.4) is 0 Å². The number of hydrogen-bond acceptors (Lipinski definition) is 4. The fourth-order valence-electron chi connectivity index (χ4n) is 4.53. The van der Waals surface area contributed by atoms with Crippen molar-refractivity contribution in [3.05, 3.63) is 54.1 Å². The largest absolute Gasteiger partial charge is 0.347 e. The first-order valence-corrected chi connectivity index (χ1v) is 9.27. The van der Waals surface area contributed by atoms with Crippen LogP contribution in [0.5, 0.6) is 0 Å². The second-order valence-electron chi connectivity index (χ2n) is 7.32. The Bertz CT molecular complexity index is 1050. The summed E-state index contributed by atoms with van der Waals surface area (Å²) in [4.78, 5) is 14.6. The van der Waals surface area contributed by atoms with Gasteiger partial charge in [-0.1, -0.05) is 30.3 Å². The highest BCUT2D eigenvalue weighted by Gasteiger charge is 2.46. The first-order valence-electron chi connectivity index (χ1n) is 9.27. The monoisotopic (exact) mass is 357 g/mol. The van der Waals surface area contributed by atoms with E-state index in [1.165, 1.54) is 0 Å². The van der Waals surface area contributed by atoms with Crippen LogP contribution in [0.25, 0.3) is 22.2 Å². The number of carbonyl (C=O) groups is 1. The highest BCUT2D eigenvalue weighted by atomic mass is 16.1. The van der Waals surface area contributed by atoms with Crippen LogP contribution in [-0.4, -0.2) is 39.1 Å². The van der Waals surface area contributed by atoms with Crippen LogP contribution in [0.4, 0.5) is 0 Å². The average Bonchev–Trinajstić information content (AvgIpc) is 3.40. The highest BCUT2D eigenvalue weighted by molar-refractivity contribution is 6.00. The summed E-state index contributed by atoms with van der Waals surface area (Å²) in [6.07, 6.45) is 5.16. The third-order valence-electron chi connectivity index (χ3n) is 5.84. The van der Waals surface area contributed by atoms with E-state index in [1.807, 2.05) is 53.4 Å². The van der Waals surface area contributed by atoms with Gasteiger partial charge < -0.3 is 10.2 Å². The lowest BCUT2D eigenvalue weighted by Crippen LogP contribution is -2.43. The van der Waals surface area contributed by atoms with Crippen LogP contribution in [0.1, 0.15) is 29.6 Å². The summed E-state index contributed by atoms with van der Waals surface area (Å²) in [5.74, 6) is -0.0943. The van der Waals surface area contributed by atoms with E-state index in [9.17, 15) is 10.1 Å². The number of carbonyl (C=O) groups excluding carboxylic acids is 1. The molecule has 134 valence electrons. The molecule has 0 spiro atoms. The maximum absolute atomic E-state index is 12.7. The third-order valence-corrected chi connectivity index (χ3v) is 5.84. The van der Waals surface area contributed by atoms with Gasteiger partial charge in [0.1, 0.15) is 0 Å². The van der Waals surface area contributed by atoms with Crippen molar-refractivity contribution in [2.75, 3.05) is 0 Å². The number of hydrogen-bond donors (Lipinski definition) is 2. The number of nitrogens with one attached hydrogen (secondary N) is 2. The van der Waals surface area contributed by atoms with Crippen molar-refractivity contribution < 1.29 is 4.79 Å². The fraction of sp³-hybridized carbons (Fsp3) is 0.286. The molecule has 2 N–H and O–H groups in total. The second kappa shape index (κ2) is 6.13. The lowest BCUT2D eigenvalue weighted by atomic mass is 9.95. The van der Waals surface area contributed by atoms with Crippen molar-refractivity contribution in [3.8, 4) is 17.5 Å². The van der Waals surface area contributed by atoms with E-state index >= 15 is 0 Å². The van der Waals surface area contributed by atoms with Crippen molar-refractivity contribution in [2.24, 2.45) is 0 Å². The molecule has 2 fully saturated rings. The van der Waals surface area contributed by atoms with E-state index in [-0.39, 0.29) is 24.0 Å². The number of aromatic nitrogens is 2. The van der Waals surface area contributed by atoms with Crippen LogP contribution in [-0.2, 0) is 0 Å². The molecule has 2 aromatic carbocycles. The summed E-state index contributed by atoms with van der Waals surface area (Å²) in [5, 5.41) is 20.9. The van der Waals surface area contributed by atoms with Gasteiger partial charge in [-0.25, -0.2) is 0 Å². The molecule has 0 radical (unpaired) electrons. The minimum atomic E-state index is -0.0943. The quantitative estimate of drug-likeness (QED) is 0.706. The number of H-pyrrole nitrogens is 1. The van der Waals surface area contributed by atoms with Gasteiger partial charge in [0.2, 0.25) is 0 Å². The normalized spacial score (nSPS) is 23.5. The Balaban J connectivity index is 1.38. The van der Waals surface area contributed by atoms with Crippen molar-refractivity contribution in [2.45, 2.75) is 37.4 Å². The Morgan fingerprint density at radius 3 is 2.85 bits per heavy atom. The standard InChI is InChI=1S/C21H19N5O/c22-12-26-15-7-9-19(26)18(11-15)23-21(27)14-6-8-16-17(10-14)24-25-20(16)13-4-2-1-3-5-13/h1-6,8,10,15,18-19H,7,9,11H2,(H,23,27)(H,24,25)/t15-,18+,19+/m0/s1. The zero-order valence-corrected chi connectivity index (χ0v) is 14.7. The molecule has 5 rings (SSSR count). The maximum atomic E-state index is 12.7. The van der Waals surface area contributed by atoms with Crippen LogP contribution in [0.2, 0.25) is 0 Å². The number of rotatable bonds is 3. The smallest absolute Gasteiger partial charge is 0.251 e. The van der Waals surface area contributed by atoms with Gasteiger partial charge in [0, 0.05) is 22.6 Å². The highest BCUT2D eigenvalue weighted by Crippen LogP contribution is 2.37. The Morgan fingerprint density at radius 2 is 2.07 bits per heavy atom. The first kappa shape index (κ1) is 15.9. The van der Waals surface area contributed by atoms with Gasteiger partial charge in [-0.3, -0.25) is 9.89 Å². The predicted octanol–water partition coefficient (Wildman–Crippen LogP) is 3.05. The molecule has 6 nitrogen and oxygen atoms in total. The lowest BCUT2D eigenvalue weighted by molar-refractivity contribution is 0.0928. The van der Waals surface area contributed by atoms with E-state index in [1.54, 1.807) is 0 Å². The molecule has 1 aromatic heterocycles. The topological polar surface area (TPSA) is 84.8 Å². The van der Waals surface area contributed by atoms with Crippen molar-refractivity contribution >= 4 is 16.8 Å². The van der Waals surface area contributed by atoms with E-state index < -0.39 is 0 Å². The Morgan fingerprint density at radius 1 is 1.22 bits per heavy atom. The first-order chi connectivity index (χ1) is 13.2. The zero-order chi connectivity index (χ0) is 18.4. The van der Waals surface area contributed by atoms with Crippen molar-refractivity contribution in [1.29, 1.82) is 5.26 Å².